The summed E-state index contributed by atoms with van der Waals surface area (Å²) in [6, 6.07) is 1.96. The van der Waals surface area contributed by atoms with Gasteiger partial charge in [-0.1, -0.05) is 0 Å². The van der Waals surface area contributed by atoms with Crippen LogP contribution in [-0.4, -0.2) is 0 Å². The predicted octanol–water partition coefficient (Wildman–Crippen LogP) is 1.86. The second-order valence-electron chi connectivity index (χ2n) is 2.12. The highest BCUT2D eigenvalue weighted by atomic mass is 19.1. The molecular weight excluding hydrogens is 136 g/mol. The number of hydrogen-bond acceptors (Lipinski definition) is 1. The zero-order chi connectivity index (χ0) is 7.72. The van der Waals surface area contributed by atoms with Crippen molar-refractivity contribution in [3.05, 3.63) is 29.3 Å². The first-order chi connectivity index (χ1) is 4.61. The highest BCUT2D eigenvalue weighted by molar-refractivity contribution is 5.47. The Hall–Kier alpha value is -1.12. The summed E-state index contributed by atoms with van der Waals surface area (Å²) in [4.78, 5) is 0. The zero-order valence-electron chi connectivity index (χ0n) is 5.49. The van der Waals surface area contributed by atoms with E-state index in [2.05, 4.69) is 0 Å². The van der Waals surface area contributed by atoms with Gasteiger partial charge in [0.15, 0.2) is 0 Å². The molecular formula is C7H7F2N. The predicted molar refractivity (Wildman–Crippen MR) is 35.5 cm³/mol. The van der Waals surface area contributed by atoms with Gasteiger partial charge in [0.2, 0.25) is 0 Å². The molecule has 0 bridgehead atoms. The van der Waals surface area contributed by atoms with Gasteiger partial charge >= 0.3 is 0 Å². The number of aryl methyl sites for hydroxylation is 1. The largest absolute Gasteiger partial charge is 0.396 e. The van der Waals surface area contributed by atoms with Crippen molar-refractivity contribution >= 4 is 5.69 Å². The molecule has 10 heavy (non-hydrogen) atoms. The molecule has 2 N–H and O–H groups in total. The topological polar surface area (TPSA) is 26.0 Å². The second-order valence-corrected chi connectivity index (χ2v) is 2.12. The number of hydrogen-bond donors (Lipinski definition) is 1. The Balaban J connectivity index is 3.31. The lowest BCUT2D eigenvalue weighted by molar-refractivity contribution is 0.584. The summed E-state index contributed by atoms with van der Waals surface area (Å²) in [6.45, 7) is 1.56. The van der Waals surface area contributed by atoms with E-state index in [-0.39, 0.29) is 5.69 Å². The average molecular weight is 143 g/mol. The summed E-state index contributed by atoms with van der Waals surface area (Å²) in [5.41, 5.74) is 5.65. The van der Waals surface area contributed by atoms with Gasteiger partial charge in [-0.25, -0.2) is 8.78 Å². The van der Waals surface area contributed by atoms with Crippen molar-refractivity contribution in [3.63, 3.8) is 0 Å². The molecule has 0 unspecified atom stereocenters. The summed E-state index contributed by atoms with van der Waals surface area (Å²) >= 11 is 0. The molecule has 54 valence electrons. The summed E-state index contributed by atoms with van der Waals surface area (Å²) in [5.74, 6) is -1.29. The van der Waals surface area contributed by atoms with E-state index in [4.69, 9.17) is 5.73 Å². The van der Waals surface area contributed by atoms with E-state index in [1.165, 1.54) is 6.07 Å². The Labute approximate surface area is 57.5 Å². The van der Waals surface area contributed by atoms with Crippen LogP contribution in [0.3, 0.4) is 0 Å². The maximum Gasteiger partial charge on any atom is 0.149 e. The lowest BCUT2D eigenvalue weighted by Gasteiger charge is -1.99. The Kier molecular flexibility index (Phi) is 1.57. The third-order valence-corrected chi connectivity index (χ3v) is 1.30. The summed E-state index contributed by atoms with van der Waals surface area (Å²) in [5, 5.41) is 0. The molecule has 0 atom stereocenters. The summed E-state index contributed by atoms with van der Waals surface area (Å²) < 4.78 is 24.8. The van der Waals surface area contributed by atoms with Crippen molar-refractivity contribution in [2.45, 2.75) is 6.92 Å². The average Bonchev–Trinajstić information content (AvgIpc) is 1.82. The molecule has 0 saturated carbocycles. The minimum Gasteiger partial charge on any atom is -0.396 e. The first kappa shape index (κ1) is 6.99. The number of benzene rings is 1. The monoisotopic (exact) mass is 143 g/mol. The van der Waals surface area contributed by atoms with Crippen LogP contribution in [0.25, 0.3) is 0 Å². The molecule has 0 aliphatic heterocycles. The molecule has 0 fully saturated rings. The van der Waals surface area contributed by atoms with E-state index in [1.54, 1.807) is 6.92 Å². The van der Waals surface area contributed by atoms with E-state index in [0.29, 0.717) is 5.56 Å². The Bertz CT molecular complexity index is 235. The first-order valence-corrected chi connectivity index (χ1v) is 2.82. The molecule has 1 aromatic carbocycles. The fraction of sp³-hybridized carbons (Fsp3) is 0.143. The minimum atomic E-state index is -0.697. The fourth-order valence-electron chi connectivity index (χ4n) is 0.713. The first-order valence-electron chi connectivity index (χ1n) is 2.82. The maximum absolute atomic E-state index is 12.5. The molecule has 0 aromatic heterocycles. The van der Waals surface area contributed by atoms with Gasteiger partial charge in [-0.05, 0) is 18.6 Å². The van der Waals surface area contributed by atoms with Crippen LogP contribution in [0.15, 0.2) is 12.1 Å². The Morgan fingerprint density at radius 1 is 1.30 bits per heavy atom. The van der Waals surface area contributed by atoms with Gasteiger partial charge in [0.1, 0.15) is 11.6 Å². The lowest BCUT2D eigenvalue weighted by Crippen LogP contribution is -1.94. The Morgan fingerprint density at radius 3 is 2.40 bits per heavy atom. The normalized spacial score (nSPS) is 9.90. The van der Waals surface area contributed by atoms with Crippen molar-refractivity contribution in [3.8, 4) is 0 Å². The van der Waals surface area contributed by atoms with Crippen LogP contribution in [0, 0.1) is 18.6 Å². The second kappa shape index (κ2) is 2.25. The van der Waals surface area contributed by atoms with Gasteiger partial charge in [0.25, 0.3) is 0 Å². The molecule has 1 nitrogen and oxygen atoms in total. The van der Waals surface area contributed by atoms with Crippen LogP contribution >= 0.6 is 0 Å². The molecule has 0 heterocycles. The van der Waals surface area contributed by atoms with Crippen molar-refractivity contribution in [1.82, 2.24) is 0 Å². The number of halogens is 2. The van der Waals surface area contributed by atoms with E-state index in [1.807, 2.05) is 0 Å². The van der Waals surface area contributed by atoms with Crippen molar-refractivity contribution in [2.24, 2.45) is 0 Å². The lowest BCUT2D eigenvalue weighted by atomic mass is 10.2. The van der Waals surface area contributed by atoms with Crippen molar-refractivity contribution < 1.29 is 8.78 Å². The molecule has 0 aliphatic rings. The number of rotatable bonds is 0. The van der Waals surface area contributed by atoms with Gasteiger partial charge in [0.05, 0.1) is 5.69 Å². The fourth-order valence-corrected chi connectivity index (χ4v) is 0.713. The van der Waals surface area contributed by atoms with Crippen LogP contribution in [0.2, 0.25) is 0 Å². The maximum atomic E-state index is 12.5. The van der Waals surface area contributed by atoms with E-state index in [0.717, 1.165) is 6.07 Å². The van der Waals surface area contributed by atoms with Crippen molar-refractivity contribution in [1.29, 1.82) is 0 Å². The molecule has 3 heteroatoms. The van der Waals surface area contributed by atoms with Crippen LogP contribution in [0.4, 0.5) is 14.5 Å². The molecule has 0 spiro atoms. The molecule has 0 saturated heterocycles. The third kappa shape index (κ3) is 1.07. The van der Waals surface area contributed by atoms with E-state index < -0.39 is 11.6 Å². The van der Waals surface area contributed by atoms with Crippen molar-refractivity contribution in [2.75, 3.05) is 5.73 Å². The van der Waals surface area contributed by atoms with Gasteiger partial charge in [-0.15, -0.1) is 0 Å². The smallest absolute Gasteiger partial charge is 0.149 e. The van der Waals surface area contributed by atoms with Crippen LogP contribution < -0.4 is 5.73 Å². The highest BCUT2D eigenvalue weighted by Crippen LogP contribution is 2.16. The third-order valence-electron chi connectivity index (χ3n) is 1.30. The molecule has 1 aromatic rings. The minimum absolute atomic E-state index is 0.0152. The van der Waals surface area contributed by atoms with E-state index >= 15 is 0 Å². The molecule has 0 aliphatic carbocycles. The van der Waals surface area contributed by atoms with E-state index in [9.17, 15) is 8.78 Å². The van der Waals surface area contributed by atoms with Gasteiger partial charge in [-0.3, -0.25) is 0 Å². The van der Waals surface area contributed by atoms with Gasteiger partial charge in [0, 0.05) is 6.07 Å². The van der Waals surface area contributed by atoms with Gasteiger partial charge < -0.3 is 5.73 Å². The quantitative estimate of drug-likeness (QED) is 0.551. The SMILES string of the molecule is Cc1cc(F)cc(F)c1N. The molecule has 1 rings (SSSR count). The molecule has 0 radical (unpaired) electrons. The molecule has 0 amide bonds. The van der Waals surface area contributed by atoms with Crippen LogP contribution in [0.5, 0.6) is 0 Å². The number of anilines is 1. The van der Waals surface area contributed by atoms with Crippen LogP contribution in [-0.2, 0) is 0 Å². The Morgan fingerprint density at radius 2 is 1.90 bits per heavy atom. The highest BCUT2D eigenvalue weighted by Gasteiger charge is 2.02. The number of nitrogens with two attached hydrogens (primary N) is 1. The number of nitrogen functional groups attached to an aromatic ring is 1. The summed E-state index contributed by atoms with van der Waals surface area (Å²) in [7, 11) is 0. The standard InChI is InChI=1S/C7H7F2N/c1-4-2-5(8)3-6(9)7(4)10/h2-3H,10H2,1H3. The van der Waals surface area contributed by atoms with Gasteiger partial charge in [-0.2, -0.15) is 0 Å². The zero-order valence-corrected chi connectivity index (χ0v) is 5.49. The van der Waals surface area contributed by atoms with Crippen LogP contribution in [0.1, 0.15) is 5.56 Å². The summed E-state index contributed by atoms with van der Waals surface area (Å²) in [6.07, 6.45) is 0.